The van der Waals surface area contributed by atoms with Crippen LogP contribution in [-0.4, -0.2) is 47.6 Å². The highest BCUT2D eigenvalue weighted by atomic mass is 32.1. The third kappa shape index (κ3) is 10.1. The lowest BCUT2D eigenvalue weighted by molar-refractivity contribution is -0.125. The number of allylic oxidation sites excluding steroid dienone is 2. The number of amides is 2. The fourth-order valence-corrected chi connectivity index (χ4v) is 10.1. The summed E-state index contributed by atoms with van der Waals surface area (Å²) in [5.74, 6) is -0.000337. The van der Waals surface area contributed by atoms with E-state index in [1.54, 1.807) is 0 Å². The van der Waals surface area contributed by atoms with Gasteiger partial charge < -0.3 is 19.3 Å². The standard InChI is InChI=1S/C50H50N4O6S2/c1-5-9-11-33(7-3)29-53-47(43-23-21-41(61-43)37-17-13-35(14-18-37)25-39(27-51)59-31-55)45-46(49(53)57)48(54(50(45)58)30-34(8-4)12-10-6-2)44-24-22-42(62-44)38-19-15-36(16-20-38)26-40(28-52)60-32-56/h13-26,31-34H,5-12,29-30H2,1-4H3/b39-25-,40-26+. The molecule has 318 valence electrons. The Bertz CT molecular complexity index is 2320. The van der Waals surface area contributed by atoms with Gasteiger partial charge in [0, 0.05) is 22.8 Å². The maximum Gasteiger partial charge on any atom is 0.299 e. The summed E-state index contributed by atoms with van der Waals surface area (Å²) in [6.45, 7) is 10.1. The van der Waals surface area contributed by atoms with Crippen LogP contribution in [0.5, 0.6) is 0 Å². The zero-order chi connectivity index (χ0) is 44.2. The van der Waals surface area contributed by atoms with Crippen molar-refractivity contribution < 1.29 is 28.7 Å². The summed E-state index contributed by atoms with van der Waals surface area (Å²) >= 11 is 3.07. The van der Waals surface area contributed by atoms with Crippen molar-refractivity contribution in [3.63, 3.8) is 0 Å². The number of thiophene rings is 2. The van der Waals surface area contributed by atoms with Crippen molar-refractivity contribution in [3.05, 3.63) is 116 Å². The van der Waals surface area contributed by atoms with Gasteiger partial charge in [0.05, 0.1) is 32.3 Å². The van der Waals surface area contributed by atoms with E-state index in [1.807, 2.05) is 94.7 Å². The summed E-state index contributed by atoms with van der Waals surface area (Å²) in [4.78, 5) is 59.3. The summed E-state index contributed by atoms with van der Waals surface area (Å²) < 4.78 is 9.50. The highest BCUT2D eigenvalue weighted by Gasteiger charge is 2.50. The van der Waals surface area contributed by atoms with Gasteiger partial charge in [0.2, 0.25) is 11.5 Å². The lowest BCUT2D eigenvalue weighted by Crippen LogP contribution is -2.34. The molecule has 4 heterocycles. The van der Waals surface area contributed by atoms with E-state index in [0.29, 0.717) is 46.8 Å². The molecule has 2 aromatic heterocycles. The molecule has 0 N–H and O–H groups in total. The zero-order valence-corrected chi connectivity index (χ0v) is 37.2. The van der Waals surface area contributed by atoms with E-state index in [0.717, 1.165) is 82.0 Å². The molecule has 0 saturated heterocycles. The van der Waals surface area contributed by atoms with E-state index in [2.05, 4.69) is 27.7 Å². The van der Waals surface area contributed by atoms with Gasteiger partial charge in [-0.1, -0.05) is 115 Å². The molecule has 0 fully saturated rings. The molecule has 12 heteroatoms. The predicted octanol–water partition coefficient (Wildman–Crippen LogP) is 11.5. The molecule has 2 aliphatic heterocycles. The molecule has 6 rings (SSSR count). The Hall–Kier alpha value is -6.34. The number of carbonyl (C=O) groups is 4. The molecule has 0 saturated carbocycles. The third-order valence-electron chi connectivity index (χ3n) is 11.4. The first-order valence-electron chi connectivity index (χ1n) is 21.2. The molecule has 62 heavy (non-hydrogen) atoms. The molecule has 0 aliphatic carbocycles. The number of nitrogens with zero attached hydrogens (tertiary/aromatic N) is 4. The molecule has 0 radical (unpaired) electrons. The topological polar surface area (TPSA) is 141 Å². The smallest absolute Gasteiger partial charge is 0.299 e. The number of nitriles is 2. The Balaban J connectivity index is 1.47. The second-order valence-electron chi connectivity index (χ2n) is 15.4. The highest BCUT2D eigenvalue weighted by molar-refractivity contribution is 7.17. The maximum atomic E-state index is 15.2. The van der Waals surface area contributed by atoms with E-state index in [-0.39, 0.29) is 48.1 Å². The third-order valence-corrected chi connectivity index (χ3v) is 13.7. The number of hydrogen-bond donors (Lipinski definition) is 0. The van der Waals surface area contributed by atoms with Crippen molar-refractivity contribution in [2.24, 2.45) is 11.8 Å². The van der Waals surface area contributed by atoms with Crippen molar-refractivity contribution in [1.29, 1.82) is 10.5 Å². The number of fused-ring (bicyclic) bond motifs is 1. The van der Waals surface area contributed by atoms with Crippen LogP contribution in [0.1, 0.15) is 99.9 Å². The van der Waals surface area contributed by atoms with E-state index in [1.165, 1.54) is 34.8 Å². The Morgan fingerprint density at radius 1 is 0.597 bits per heavy atom. The summed E-state index contributed by atoms with van der Waals surface area (Å²) in [6.07, 6.45) is 11.0. The largest absolute Gasteiger partial charge is 0.417 e. The molecule has 2 unspecified atom stereocenters. The van der Waals surface area contributed by atoms with Gasteiger partial charge in [-0.3, -0.25) is 19.2 Å². The second kappa shape index (κ2) is 21.4. The monoisotopic (exact) mass is 866 g/mol. The number of unbranched alkanes of at least 4 members (excludes halogenated alkanes) is 2. The van der Waals surface area contributed by atoms with E-state index in [9.17, 15) is 20.1 Å². The molecule has 2 atom stereocenters. The number of hydrogen-bond acceptors (Lipinski definition) is 10. The molecule has 2 aromatic carbocycles. The van der Waals surface area contributed by atoms with Crippen LogP contribution in [-0.2, 0) is 28.7 Å². The number of rotatable bonds is 22. The zero-order valence-electron chi connectivity index (χ0n) is 35.5. The van der Waals surface area contributed by atoms with Crippen LogP contribution < -0.4 is 0 Å². The van der Waals surface area contributed by atoms with Gasteiger partial charge in [-0.15, -0.1) is 22.7 Å². The summed E-state index contributed by atoms with van der Waals surface area (Å²) in [6, 6.07) is 26.9. The van der Waals surface area contributed by atoms with Gasteiger partial charge in [-0.05, 0) is 83.3 Å². The predicted molar refractivity (Wildman–Crippen MR) is 245 cm³/mol. The number of ether oxygens (including phenoxy) is 2. The van der Waals surface area contributed by atoms with Gasteiger partial charge in [0.15, 0.2) is 0 Å². The lowest BCUT2D eigenvalue weighted by atomic mass is 9.98. The molecule has 4 aromatic rings. The minimum Gasteiger partial charge on any atom is -0.417 e. The van der Waals surface area contributed by atoms with Crippen molar-refractivity contribution in [2.75, 3.05) is 13.1 Å². The maximum absolute atomic E-state index is 15.2. The van der Waals surface area contributed by atoms with Crippen LogP contribution in [0, 0.1) is 34.5 Å². The minimum atomic E-state index is -0.147. The Morgan fingerprint density at radius 2 is 0.968 bits per heavy atom. The van der Waals surface area contributed by atoms with Crippen molar-refractivity contribution in [3.8, 4) is 33.0 Å². The van der Waals surface area contributed by atoms with Crippen LogP contribution in [0.2, 0.25) is 0 Å². The van der Waals surface area contributed by atoms with Crippen molar-refractivity contribution in [2.45, 2.75) is 79.1 Å². The Morgan fingerprint density at radius 3 is 1.29 bits per heavy atom. The average molecular weight is 867 g/mol. The number of benzene rings is 2. The molecule has 2 aliphatic rings. The van der Waals surface area contributed by atoms with E-state index < -0.39 is 0 Å². The summed E-state index contributed by atoms with van der Waals surface area (Å²) in [5, 5.41) is 18.6. The van der Waals surface area contributed by atoms with Gasteiger partial charge in [0.25, 0.3) is 24.8 Å². The SMILES string of the molecule is CCCCC(CC)CN1C(=O)C2=C(c3ccc(-c4ccc(/C=C(\C#N)OC=O)cc4)s3)N(CC(CC)CCCC)C(=O)C2=C1c1ccc(-c2ccc(/C=C(/C#N)OC=O)cc2)s1. The van der Waals surface area contributed by atoms with Crippen molar-refractivity contribution >= 4 is 71.0 Å². The molecular formula is C50H50N4O6S2. The van der Waals surface area contributed by atoms with E-state index >= 15 is 9.59 Å². The minimum absolute atomic E-state index is 0.107. The quantitative estimate of drug-likeness (QED) is 0.0432. The van der Waals surface area contributed by atoms with Crippen LogP contribution in [0.15, 0.2) is 95.5 Å². The van der Waals surface area contributed by atoms with Gasteiger partial charge >= 0.3 is 0 Å². The van der Waals surface area contributed by atoms with Gasteiger partial charge in [-0.25, -0.2) is 0 Å². The first kappa shape index (κ1) is 45.2. The van der Waals surface area contributed by atoms with Crippen LogP contribution in [0.3, 0.4) is 0 Å². The van der Waals surface area contributed by atoms with Crippen LogP contribution in [0.4, 0.5) is 0 Å². The van der Waals surface area contributed by atoms with E-state index in [4.69, 9.17) is 9.47 Å². The molecule has 0 spiro atoms. The van der Waals surface area contributed by atoms with Crippen LogP contribution in [0.25, 0.3) is 44.4 Å². The first-order chi connectivity index (χ1) is 30.2. The van der Waals surface area contributed by atoms with Gasteiger partial charge in [0.1, 0.15) is 12.1 Å². The fraction of sp³-hybridized carbons (Fsp3) is 0.320. The van der Waals surface area contributed by atoms with Crippen LogP contribution >= 0.6 is 22.7 Å². The normalized spacial score (nSPS) is 15.1. The number of carbonyl (C=O) groups excluding carboxylic acids is 4. The molecule has 0 bridgehead atoms. The second-order valence-corrected chi connectivity index (χ2v) is 17.5. The average Bonchev–Trinajstić information content (AvgIpc) is 4.09. The molecule has 2 amide bonds. The molecule has 10 nitrogen and oxygen atoms in total. The van der Waals surface area contributed by atoms with Gasteiger partial charge in [-0.2, -0.15) is 10.5 Å². The highest BCUT2D eigenvalue weighted by Crippen LogP contribution is 2.50. The fourth-order valence-electron chi connectivity index (χ4n) is 7.93. The Kier molecular flexibility index (Phi) is 15.6. The summed E-state index contributed by atoms with van der Waals surface area (Å²) in [5.41, 5.74) is 5.52. The Labute approximate surface area is 371 Å². The summed E-state index contributed by atoms with van der Waals surface area (Å²) in [7, 11) is 0. The molecular weight excluding hydrogens is 817 g/mol. The van der Waals surface area contributed by atoms with Crippen molar-refractivity contribution in [1.82, 2.24) is 9.80 Å². The first-order valence-corrected chi connectivity index (χ1v) is 22.8. The lowest BCUT2D eigenvalue weighted by Gasteiger charge is -2.29.